The standard InChI is InChI=1S/C19H15ClN2O3/c1-2-25-19(24)14-8-6-13(7-9-14)10-15(12-21)18(23)22-17-5-3-4-16(20)11-17/h3-11H,2H2,1H3,(H,22,23)/b15-10+. The molecular weight excluding hydrogens is 340 g/mol. The molecule has 0 aromatic heterocycles. The van der Waals surface area contributed by atoms with Gasteiger partial charge in [0, 0.05) is 10.7 Å². The van der Waals surface area contributed by atoms with Crippen LogP contribution < -0.4 is 5.32 Å². The van der Waals surface area contributed by atoms with Gasteiger partial charge in [0.25, 0.3) is 5.91 Å². The number of hydrogen-bond acceptors (Lipinski definition) is 4. The molecule has 0 heterocycles. The third kappa shape index (κ3) is 5.20. The number of carbonyl (C=O) groups excluding carboxylic acids is 2. The molecule has 1 amide bonds. The molecule has 1 N–H and O–H groups in total. The smallest absolute Gasteiger partial charge is 0.338 e. The van der Waals surface area contributed by atoms with E-state index in [9.17, 15) is 14.9 Å². The van der Waals surface area contributed by atoms with Crippen LogP contribution >= 0.6 is 11.6 Å². The van der Waals surface area contributed by atoms with Crippen LogP contribution in [0.4, 0.5) is 5.69 Å². The van der Waals surface area contributed by atoms with Crippen LogP contribution in [0.3, 0.4) is 0 Å². The summed E-state index contributed by atoms with van der Waals surface area (Å²) < 4.78 is 4.90. The zero-order valence-corrected chi connectivity index (χ0v) is 14.2. The largest absolute Gasteiger partial charge is 0.462 e. The first-order valence-corrected chi connectivity index (χ1v) is 7.87. The van der Waals surface area contributed by atoms with Crippen LogP contribution in [0, 0.1) is 11.3 Å². The van der Waals surface area contributed by atoms with Crippen LogP contribution in [0.15, 0.2) is 54.1 Å². The summed E-state index contributed by atoms with van der Waals surface area (Å²) in [7, 11) is 0. The lowest BCUT2D eigenvalue weighted by Crippen LogP contribution is -2.13. The Hall–Kier alpha value is -3.10. The molecule has 2 aromatic carbocycles. The third-order valence-electron chi connectivity index (χ3n) is 3.18. The highest BCUT2D eigenvalue weighted by atomic mass is 35.5. The van der Waals surface area contributed by atoms with Gasteiger partial charge in [-0.15, -0.1) is 0 Å². The van der Waals surface area contributed by atoms with Crippen molar-refractivity contribution in [2.45, 2.75) is 6.92 Å². The minimum absolute atomic E-state index is 0.0659. The van der Waals surface area contributed by atoms with E-state index in [0.717, 1.165) is 0 Å². The highest BCUT2D eigenvalue weighted by Gasteiger charge is 2.10. The second kappa shape index (κ2) is 8.67. The van der Waals surface area contributed by atoms with Gasteiger partial charge in [0.05, 0.1) is 12.2 Å². The molecule has 0 unspecified atom stereocenters. The first-order chi connectivity index (χ1) is 12.0. The Bertz CT molecular complexity index is 852. The molecule has 0 fully saturated rings. The van der Waals surface area contributed by atoms with Gasteiger partial charge in [-0.1, -0.05) is 29.8 Å². The van der Waals surface area contributed by atoms with Gasteiger partial charge in [0.2, 0.25) is 0 Å². The molecule has 2 aromatic rings. The van der Waals surface area contributed by atoms with Crippen LogP contribution in [0.25, 0.3) is 6.08 Å². The maximum Gasteiger partial charge on any atom is 0.338 e. The first-order valence-electron chi connectivity index (χ1n) is 7.49. The van der Waals surface area contributed by atoms with E-state index < -0.39 is 11.9 Å². The number of nitriles is 1. The van der Waals surface area contributed by atoms with Gasteiger partial charge in [-0.05, 0) is 48.9 Å². The number of carbonyl (C=O) groups is 2. The number of nitrogens with zero attached hydrogens (tertiary/aromatic N) is 1. The first kappa shape index (κ1) is 18.2. The Morgan fingerprint density at radius 3 is 2.56 bits per heavy atom. The fourth-order valence-corrected chi connectivity index (χ4v) is 2.20. The molecule has 0 aliphatic rings. The van der Waals surface area contributed by atoms with Crippen molar-refractivity contribution in [2.75, 3.05) is 11.9 Å². The average Bonchev–Trinajstić information content (AvgIpc) is 2.60. The van der Waals surface area contributed by atoms with Crippen LogP contribution in [-0.4, -0.2) is 18.5 Å². The number of ether oxygens (including phenoxy) is 1. The number of nitrogens with one attached hydrogen (secondary N) is 1. The lowest BCUT2D eigenvalue weighted by atomic mass is 10.1. The van der Waals surface area contributed by atoms with Crippen molar-refractivity contribution >= 4 is 35.2 Å². The Balaban J connectivity index is 2.15. The second-order valence-electron chi connectivity index (χ2n) is 4.98. The molecule has 0 bridgehead atoms. The number of esters is 1. The van der Waals surface area contributed by atoms with Gasteiger partial charge in [-0.25, -0.2) is 4.79 Å². The van der Waals surface area contributed by atoms with Crippen molar-refractivity contribution in [1.82, 2.24) is 0 Å². The van der Waals surface area contributed by atoms with E-state index in [4.69, 9.17) is 16.3 Å². The quantitative estimate of drug-likeness (QED) is 0.499. The summed E-state index contributed by atoms with van der Waals surface area (Å²) in [6.07, 6.45) is 1.44. The summed E-state index contributed by atoms with van der Waals surface area (Å²) in [5, 5.41) is 12.3. The molecule has 5 nitrogen and oxygen atoms in total. The zero-order valence-electron chi connectivity index (χ0n) is 13.5. The average molecular weight is 355 g/mol. The number of benzene rings is 2. The molecule has 0 saturated heterocycles. The second-order valence-corrected chi connectivity index (χ2v) is 5.41. The van der Waals surface area contributed by atoms with Gasteiger partial charge in [-0.3, -0.25) is 4.79 Å². The lowest BCUT2D eigenvalue weighted by molar-refractivity contribution is -0.112. The van der Waals surface area contributed by atoms with Crippen molar-refractivity contribution in [3.63, 3.8) is 0 Å². The Morgan fingerprint density at radius 2 is 1.96 bits per heavy atom. The lowest BCUT2D eigenvalue weighted by Gasteiger charge is -2.05. The summed E-state index contributed by atoms with van der Waals surface area (Å²) in [6, 6.07) is 14.9. The number of halogens is 1. The molecule has 0 atom stereocenters. The topological polar surface area (TPSA) is 79.2 Å². The van der Waals surface area contributed by atoms with Crippen molar-refractivity contribution in [3.05, 3.63) is 70.3 Å². The number of amides is 1. The highest BCUT2D eigenvalue weighted by molar-refractivity contribution is 6.31. The Kier molecular flexibility index (Phi) is 6.33. The van der Waals surface area contributed by atoms with E-state index in [1.165, 1.54) is 6.08 Å². The number of anilines is 1. The minimum Gasteiger partial charge on any atom is -0.462 e. The van der Waals surface area contributed by atoms with Crippen LogP contribution in [0.2, 0.25) is 5.02 Å². The summed E-state index contributed by atoms with van der Waals surface area (Å²) in [5.74, 6) is -0.962. The fourth-order valence-electron chi connectivity index (χ4n) is 2.01. The minimum atomic E-state index is -0.542. The van der Waals surface area contributed by atoms with Crippen molar-refractivity contribution < 1.29 is 14.3 Å². The molecule has 0 radical (unpaired) electrons. The monoisotopic (exact) mass is 354 g/mol. The Labute approximate surface area is 150 Å². The van der Waals surface area contributed by atoms with Gasteiger partial charge in [0.15, 0.2) is 0 Å². The summed E-state index contributed by atoms with van der Waals surface area (Å²) in [4.78, 5) is 23.8. The van der Waals surface area contributed by atoms with Gasteiger partial charge in [-0.2, -0.15) is 5.26 Å². The summed E-state index contributed by atoms with van der Waals surface area (Å²) in [5.41, 5.74) is 1.45. The zero-order chi connectivity index (χ0) is 18.2. The summed E-state index contributed by atoms with van der Waals surface area (Å²) in [6.45, 7) is 2.02. The molecule has 6 heteroatoms. The maximum atomic E-state index is 12.2. The molecule has 126 valence electrons. The van der Waals surface area contributed by atoms with E-state index >= 15 is 0 Å². The third-order valence-corrected chi connectivity index (χ3v) is 3.42. The summed E-state index contributed by atoms with van der Waals surface area (Å²) >= 11 is 5.87. The number of rotatable bonds is 5. The highest BCUT2D eigenvalue weighted by Crippen LogP contribution is 2.16. The molecule has 0 aliphatic heterocycles. The van der Waals surface area contributed by atoms with Gasteiger partial charge < -0.3 is 10.1 Å². The van der Waals surface area contributed by atoms with Gasteiger partial charge >= 0.3 is 5.97 Å². The van der Waals surface area contributed by atoms with Crippen LogP contribution in [0.5, 0.6) is 0 Å². The Morgan fingerprint density at radius 1 is 1.24 bits per heavy atom. The molecule has 0 spiro atoms. The molecule has 2 rings (SSSR count). The van der Waals surface area contributed by atoms with Crippen molar-refractivity contribution in [1.29, 1.82) is 5.26 Å². The van der Waals surface area contributed by atoms with E-state index in [1.807, 2.05) is 6.07 Å². The van der Waals surface area contributed by atoms with E-state index in [0.29, 0.717) is 28.4 Å². The fraction of sp³-hybridized carbons (Fsp3) is 0.105. The van der Waals surface area contributed by atoms with Gasteiger partial charge in [0.1, 0.15) is 11.6 Å². The van der Waals surface area contributed by atoms with Crippen LogP contribution in [-0.2, 0) is 9.53 Å². The SMILES string of the molecule is CCOC(=O)c1ccc(/C=C(\C#N)C(=O)Nc2cccc(Cl)c2)cc1. The molecule has 0 saturated carbocycles. The number of hydrogen-bond donors (Lipinski definition) is 1. The molecular formula is C19H15ClN2O3. The predicted molar refractivity (Wildman–Crippen MR) is 96.1 cm³/mol. The van der Waals surface area contributed by atoms with Crippen molar-refractivity contribution in [2.24, 2.45) is 0 Å². The van der Waals surface area contributed by atoms with Crippen molar-refractivity contribution in [3.8, 4) is 6.07 Å². The van der Waals surface area contributed by atoms with E-state index in [-0.39, 0.29) is 5.57 Å². The molecule has 25 heavy (non-hydrogen) atoms. The predicted octanol–water partition coefficient (Wildman–Crippen LogP) is 4.06. The van der Waals surface area contributed by atoms with Crippen LogP contribution in [0.1, 0.15) is 22.8 Å². The van der Waals surface area contributed by atoms with E-state index in [1.54, 1.807) is 55.5 Å². The molecule has 0 aliphatic carbocycles. The maximum absolute atomic E-state index is 12.2. The normalized spacial score (nSPS) is 10.7. The van der Waals surface area contributed by atoms with E-state index in [2.05, 4.69) is 5.32 Å².